The van der Waals surface area contributed by atoms with E-state index in [0.29, 0.717) is 13.2 Å². The van der Waals surface area contributed by atoms with Crippen LogP contribution in [0.3, 0.4) is 0 Å². The first-order valence-corrected chi connectivity index (χ1v) is 17.8. The Kier molecular flexibility index (Phi) is 9.84. The number of hydrogen-bond acceptors (Lipinski definition) is 6. The van der Waals surface area contributed by atoms with Gasteiger partial charge >= 0.3 is 0 Å². The molecule has 5 aromatic carbocycles. The molecule has 46 heavy (non-hydrogen) atoms. The van der Waals surface area contributed by atoms with Gasteiger partial charge in [-0.05, 0) is 59.4 Å². The van der Waals surface area contributed by atoms with E-state index in [1.807, 2.05) is 47.8 Å². The molecule has 0 saturated carbocycles. The van der Waals surface area contributed by atoms with Crippen molar-refractivity contribution in [2.75, 3.05) is 11.5 Å². The van der Waals surface area contributed by atoms with Gasteiger partial charge < -0.3 is 9.47 Å². The maximum absolute atomic E-state index is 6.48. The maximum Gasteiger partial charge on any atom is 0.129 e. The molecule has 4 nitrogen and oxygen atoms in total. The molecule has 0 spiro atoms. The number of ether oxygens (including phenoxy) is 2. The zero-order valence-electron chi connectivity index (χ0n) is 25.6. The highest BCUT2D eigenvalue weighted by molar-refractivity contribution is 8.15. The topological polar surface area (TPSA) is 43.2 Å². The lowest BCUT2D eigenvalue weighted by Crippen LogP contribution is -2.08. The minimum atomic E-state index is 0.277. The van der Waals surface area contributed by atoms with E-state index in [-0.39, 0.29) is 12.1 Å². The van der Waals surface area contributed by atoms with Crippen molar-refractivity contribution in [1.82, 2.24) is 0 Å². The summed E-state index contributed by atoms with van der Waals surface area (Å²) in [7, 11) is 0. The molecular weight excluding hydrogens is 605 g/mol. The summed E-state index contributed by atoms with van der Waals surface area (Å²) in [5.41, 5.74) is 6.98. The molecule has 2 atom stereocenters. The first-order valence-electron chi connectivity index (χ1n) is 15.8. The van der Waals surface area contributed by atoms with Crippen molar-refractivity contribution in [1.29, 1.82) is 0 Å². The summed E-state index contributed by atoms with van der Waals surface area (Å²) < 4.78 is 13.0. The number of rotatable bonds is 12. The lowest BCUT2D eigenvalue weighted by Gasteiger charge is -2.15. The van der Waals surface area contributed by atoms with Crippen LogP contribution in [0.5, 0.6) is 11.5 Å². The molecule has 230 valence electrons. The number of nitrogens with zero attached hydrogens (tertiary/aromatic N) is 2. The lowest BCUT2D eigenvalue weighted by molar-refractivity contribution is 0.285. The van der Waals surface area contributed by atoms with Crippen LogP contribution >= 0.6 is 23.5 Å². The highest BCUT2D eigenvalue weighted by Crippen LogP contribution is 2.33. The van der Waals surface area contributed by atoms with Crippen molar-refractivity contribution < 1.29 is 9.47 Å². The van der Waals surface area contributed by atoms with Crippen LogP contribution in [0.1, 0.15) is 33.4 Å². The Morgan fingerprint density at radius 2 is 0.870 bits per heavy atom. The molecule has 0 unspecified atom stereocenters. The third-order valence-corrected chi connectivity index (χ3v) is 10.5. The second kappa shape index (κ2) is 14.9. The highest BCUT2D eigenvalue weighted by Gasteiger charge is 2.23. The summed E-state index contributed by atoms with van der Waals surface area (Å²) in [6, 6.07) is 46.6. The standard InChI is InChI=1S/C40H36N2O2S2/c1-3-13-29(14-4-1)23-33-27-45-39(41-33)35-19-9-11-21-37(35)43-25-31-17-7-8-18-32(31)26-44-38-22-12-10-20-36(38)40-42-34(28-46-40)24-30-15-5-2-6-16-30/h1-22,33-34H,23-28H2/t33-,34-/m0/s1. The van der Waals surface area contributed by atoms with Crippen LogP contribution in [-0.4, -0.2) is 33.7 Å². The van der Waals surface area contributed by atoms with Crippen molar-refractivity contribution in [3.05, 3.63) is 167 Å². The van der Waals surface area contributed by atoms with Crippen LogP contribution in [0.4, 0.5) is 0 Å². The molecule has 2 heterocycles. The number of benzene rings is 5. The molecule has 0 N–H and O–H groups in total. The zero-order valence-corrected chi connectivity index (χ0v) is 27.3. The Balaban J connectivity index is 1.01. The number of aliphatic imine (C=N–C) groups is 2. The molecule has 0 fully saturated rings. The molecule has 2 aliphatic rings. The van der Waals surface area contributed by atoms with Crippen molar-refractivity contribution in [3.8, 4) is 11.5 Å². The highest BCUT2D eigenvalue weighted by atomic mass is 32.2. The monoisotopic (exact) mass is 640 g/mol. The predicted octanol–water partition coefficient (Wildman–Crippen LogP) is 9.05. The van der Waals surface area contributed by atoms with E-state index in [1.54, 1.807) is 0 Å². The summed E-state index contributed by atoms with van der Waals surface area (Å²) in [6.45, 7) is 0.903. The van der Waals surface area contributed by atoms with E-state index in [4.69, 9.17) is 19.5 Å². The van der Waals surface area contributed by atoms with Gasteiger partial charge in [-0.25, -0.2) is 0 Å². The summed E-state index contributed by atoms with van der Waals surface area (Å²) in [5, 5.41) is 2.12. The molecule has 5 aromatic rings. The van der Waals surface area contributed by atoms with E-state index in [0.717, 1.165) is 68.2 Å². The molecule has 0 aliphatic carbocycles. The minimum Gasteiger partial charge on any atom is -0.488 e. The van der Waals surface area contributed by atoms with Crippen molar-refractivity contribution in [2.45, 2.75) is 38.1 Å². The van der Waals surface area contributed by atoms with Gasteiger partial charge in [0.05, 0.1) is 12.1 Å². The third kappa shape index (κ3) is 7.57. The average Bonchev–Trinajstić information content (AvgIpc) is 3.78. The number of thioether (sulfide) groups is 2. The van der Waals surface area contributed by atoms with Gasteiger partial charge in [-0.3, -0.25) is 9.98 Å². The van der Waals surface area contributed by atoms with E-state index >= 15 is 0 Å². The van der Waals surface area contributed by atoms with E-state index < -0.39 is 0 Å². The molecule has 7 rings (SSSR count). The first-order chi connectivity index (χ1) is 22.8. The molecule has 0 amide bonds. The maximum atomic E-state index is 6.48. The van der Waals surface area contributed by atoms with Gasteiger partial charge in [-0.2, -0.15) is 0 Å². The van der Waals surface area contributed by atoms with Crippen LogP contribution in [0.15, 0.2) is 143 Å². The summed E-state index contributed by atoms with van der Waals surface area (Å²) in [5.74, 6) is 3.69. The fourth-order valence-corrected chi connectivity index (χ4v) is 7.98. The van der Waals surface area contributed by atoms with Crippen LogP contribution in [0.25, 0.3) is 0 Å². The summed E-state index contributed by atoms with van der Waals surface area (Å²) in [4.78, 5) is 10.2. The van der Waals surface area contributed by atoms with Crippen molar-refractivity contribution >= 4 is 33.6 Å². The van der Waals surface area contributed by atoms with Gasteiger partial charge in [0.25, 0.3) is 0 Å². The fraction of sp³-hybridized carbons (Fsp3) is 0.200. The molecule has 0 saturated heterocycles. The molecular formula is C40H36N2O2S2. The Morgan fingerprint density at radius 3 is 1.33 bits per heavy atom. The van der Waals surface area contributed by atoms with Gasteiger partial charge in [0, 0.05) is 22.6 Å². The van der Waals surface area contributed by atoms with E-state index in [1.165, 1.54) is 11.1 Å². The van der Waals surface area contributed by atoms with Gasteiger partial charge in [0.15, 0.2) is 0 Å². The minimum absolute atomic E-state index is 0.277. The zero-order chi connectivity index (χ0) is 31.0. The van der Waals surface area contributed by atoms with Gasteiger partial charge in [-0.1, -0.05) is 109 Å². The Hall–Kier alpha value is -4.26. The quantitative estimate of drug-likeness (QED) is 0.137. The molecule has 0 aromatic heterocycles. The smallest absolute Gasteiger partial charge is 0.129 e. The normalized spacial score (nSPS) is 17.4. The van der Waals surface area contributed by atoms with Crippen molar-refractivity contribution in [3.63, 3.8) is 0 Å². The lowest BCUT2D eigenvalue weighted by atomic mass is 10.1. The molecule has 6 heteroatoms. The third-order valence-electron chi connectivity index (χ3n) is 8.17. The van der Waals surface area contributed by atoms with Crippen LogP contribution < -0.4 is 9.47 Å². The van der Waals surface area contributed by atoms with Gasteiger partial charge in [-0.15, -0.1) is 23.5 Å². The average molecular weight is 641 g/mol. The predicted molar refractivity (Wildman–Crippen MR) is 194 cm³/mol. The Labute approximate surface area is 280 Å². The largest absolute Gasteiger partial charge is 0.488 e. The number of hydrogen-bond donors (Lipinski definition) is 0. The second-order valence-electron chi connectivity index (χ2n) is 11.5. The molecule has 0 bridgehead atoms. The summed E-state index contributed by atoms with van der Waals surface area (Å²) in [6.07, 6.45) is 1.91. The van der Waals surface area contributed by atoms with Crippen LogP contribution in [0, 0.1) is 0 Å². The van der Waals surface area contributed by atoms with E-state index in [9.17, 15) is 0 Å². The molecule has 0 radical (unpaired) electrons. The Morgan fingerprint density at radius 1 is 0.478 bits per heavy atom. The fourth-order valence-electron chi connectivity index (χ4n) is 5.80. The first kappa shape index (κ1) is 30.4. The van der Waals surface area contributed by atoms with Crippen LogP contribution in [0.2, 0.25) is 0 Å². The van der Waals surface area contributed by atoms with E-state index in [2.05, 4.69) is 109 Å². The molecule has 2 aliphatic heterocycles. The van der Waals surface area contributed by atoms with Crippen LogP contribution in [-0.2, 0) is 26.1 Å². The van der Waals surface area contributed by atoms with Gasteiger partial charge in [0.2, 0.25) is 0 Å². The SMILES string of the molecule is c1ccc(C[C@H]2CSC(c3ccccc3OCc3ccccc3COc3ccccc3C3=N[C@@H](Cc4ccccc4)CS3)=N2)cc1. The van der Waals surface area contributed by atoms with Crippen molar-refractivity contribution in [2.24, 2.45) is 9.98 Å². The van der Waals surface area contributed by atoms with Gasteiger partial charge in [0.1, 0.15) is 34.8 Å². The number of para-hydroxylation sites is 2. The Bertz CT molecular complexity index is 1690. The summed E-state index contributed by atoms with van der Waals surface area (Å²) >= 11 is 3.64. The second-order valence-corrected chi connectivity index (χ2v) is 13.5.